The highest BCUT2D eigenvalue weighted by atomic mass is 32.1. The normalized spacial score (nSPS) is 19.0. The van der Waals surface area contributed by atoms with Crippen LogP contribution < -0.4 is 0 Å². The van der Waals surface area contributed by atoms with Crippen LogP contribution in [-0.2, 0) is 9.53 Å². The molecule has 1 saturated heterocycles. The van der Waals surface area contributed by atoms with E-state index in [4.69, 9.17) is 17.0 Å². The van der Waals surface area contributed by atoms with E-state index in [1.807, 2.05) is 30.3 Å². The highest BCUT2D eigenvalue weighted by Crippen LogP contribution is 2.13. The van der Waals surface area contributed by atoms with Crippen molar-refractivity contribution in [3.63, 3.8) is 0 Å². The lowest BCUT2D eigenvalue weighted by Crippen LogP contribution is -2.30. The molecule has 1 heterocycles. The number of ether oxygens (including phenoxy) is 1. The van der Waals surface area contributed by atoms with E-state index in [-0.39, 0.29) is 17.2 Å². The lowest BCUT2D eigenvalue weighted by Gasteiger charge is -2.09. The average molecular weight is 259 g/mol. The minimum atomic E-state index is -0.202. The molecule has 0 radical (unpaired) electrons. The molecule has 3 nitrogen and oxygen atoms in total. The van der Waals surface area contributed by atoms with Crippen molar-refractivity contribution in [1.29, 1.82) is 0 Å². The maximum Gasteiger partial charge on any atom is 0.267 e. The topological polar surface area (TPSA) is 29.5 Å². The van der Waals surface area contributed by atoms with Gasteiger partial charge in [-0.15, -0.1) is 0 Å². The molecule has 0 bridgehead atoms. The predicted molar refractivity (Wildman–Crippen MR) is 74.9 cm³/mol. The summed E-state index contributed by atoms with van der Waals surface area (Å²) in [5.41, 5.74) is 0.970. The van der Waals surface area contributed by atoms with Gasteiger partial charge in [0.05, 0.1) is 6.54 Å². The number of amides is 1. The first kappa shape index (κ1) is 12.5. The largest absolute Gasteiger partial charge is 0.461 e. The van der Waals surface area contributed by atoms with Crippen molar-refractivity contribution in [3.05, 3.63) is 54.6 Å². The Bertz CT molecular complexity index is 496. The molecule has 0 aliphatic carbocycles. The van der Waals surface area contributed by atoms with Crippen LogP contribution in [0.2, 0.25) is 0 Å². The van der Waals surface area contributed by atoms with Crippen LogP contribution in [-0.4, -0.2) is 28.6 Å². The third-order valence-corrected chi connectivity index (χ3v) is 2.90. The molecule has 1 aliphatic rings. The fourth-order valence-corrected chi connectivity index (χ4v) is 1.90. The van der Waals surface area contributed by atoms with Crippen molar-refractivity contribution < 1.29 is 9.53 Å². The summed E-state index contributed by atoms with van der Waals surface area (Å²) in [5, 5.41) is 0.211. The summed E-state index contributed by atoms with van der Waals surface area (Å²) < 4.78 is 5.28. The minimum absolute atomic E-state index is 0.173. The number of nitrogens with zero attached hydrogens (tertiary/aromatic N) is 1. The predicted octanol–water partition coefficient (Wildman–Crippen LogP) is 2.40. The van der Waals surface area contributed by atoms with Gasteiger partial charge in [-0.2, -0.15) is 0 Å². The Balaban J connectivity index is 2.03. The van der Waals surface area contributed by atoms with E-state index >= 15 is 0 Å². The smallest absolute Gasteiger partial charge is 0.267 e. The minimum Gasteiger partial charge on any atom is -0.461 e. The van der Waals surface area contributed by atoms with E-state index in [0.29, 0.717) is 6.54 Å². The first-order valence-electron chi connectivity index (χ1n) is 5.58. The average Bonchev–Trinajstić information content (AvgIpc) is 2.78. The second-order valence-electron chi connectivity index (χ2n) is 3.85. The Morgan fingerprint density at radius 3 is 2.78 bits per heavy atom. The van der Waals surface area contributed by atoms with Crippen LogP contribution in [0, 0.1) is 0 Å². The van der Waals surface area contributed by atoms with Crippen LogP contribution in [0.25, 0.3) is 6.08 Å². The van der Waals surface area contributed by atoms with Gasteiger partial charge in [0.25, 0.3) is 11.1 Å². The first-order chi connectivity index (χ1) is 8.70. The number of carbonyl (C=O) groups excluding carboxylic acids is 1. The van der Waals surface area contributed by atoms with Gasteiger partial charge in [0.1, 0.15) is 6.10 Å². The van der Waals surface area contributed by atoms with Gasteiger partial charge < -0.3 is 4.74 Å². The molecule has 0 N–H and O–H groups in total. The van der Waals surface area contributed by atoms with Crippen molar-refractivity contribution in [2.24, 2.45) is 0 Å². The van der Waals surface area contributed by atoms with E-state index < -0.39 is 0 Å². The van der Waals surface area contributed by atoms with Gasteiger partial charge >= 0.3 is 0 Å². The Hall–Kier alpha value is -1.94. The van der Waals surface area contributed by atoms with Crippen LogP contribution in [0.15, 0.2) is 49.1 Å². The zero-order valence-corrected chi connectivity index (χ0v) is 10.6. The van der Waals surface area contributed by atoms with Gasteiger partial charge in [0.15, 0.2) is 0 Å². The molecule has 1 fully saturated rings. The van der Waals surface area contributed by atoms with Crippen molar-refractivity contribution in [2.75, 3.05) is 6.54 Å². The van der Waals surface area contributed by atoms with Gasteiger partial charge in [-0.25, -0.2) is 0 Å². The molecule has 1 aliphatic heterocycles. The van der Waals surface area contributed by atoms with Gasteiger partial charge in [0.2, 0.25) is 0 Å². The molecule has 4 heteroatoms. The number of benzene rings is 1. The highest BCUT2D eigenvalue weighted by molar-refractivity contribution is 7.80. The summed E-state index contributed by atoms with van der Waals surface area (Å²) in [4.78, 5) is 13.4. The molecule has 0 saturated carbocycles. The SMILES string of the molecule is C=CC1CN(C(=O)/C=C/c2ccccc2)C(=S)O1. The number of hydrogen-bond donors (Lipinski definition) is 0. The van der Waals surface area contributed by atoms with Crippen molar-refractivity contribution in [1.82, 2.24) is 4.90 Å². The fraction of sp³-hybridized carbons (Fsp3) is 0.143. The number of rotatable bonds is 3. The summed E-state index contributed by atoms with van der Waals surface area (Å²) in [6.45, 7) is 4.05. The number of hydrogen-bond acceptors (Lipinski definition) is 3. The van der Waals surface area contributed by atoms with E-state index in [1.54, 1.807) is 12.2 Å². The molecule has 1 aromatic rings. The highest BCUT2D eigenvalue weighted by Gasteiger charge is 2.29. The van der Waals surface area contributed by atoms with E-state index in [1.165, 1.54) is 11.0 Å². The zero-order valence-electron chi connectivity index (χ0n) is 9.78. The molecule has 1 aromatic carbocycles. The third kappa shape index (κ3) is 2.84. The third-order valence-electron chi connectivity index (χ3n) is 2.58. The van der Waals surface area contributed by atoms with Gasteiger partial charge in [0, 0.05) is 6.08 Å². The van der Waals surface area contributed by atoms with Gasteiger partial charge in [-0.1, -0.05) is 36.9 Å². The van der Waals surface area contributed by atoms with Crippen LogP contribution in [0.3, 0.4) is 0 Å². The van der Waals surface area contributed by atoms with Crippen LogP contribution in [0.4, 0.5) is 0 Å². The molecule has 18 heavy (non-hydrogen) atoms. The quantitative estimate of drug-likeness (QED) is 0.474. The van der Waals surface area contributed by atoms with Crippen LogP contribution >= 0.6 is 12.2 Å². The fourth-order valence-electron chi connectivity index (χ4n) is 1.61. The van der Waals surface area contributed by atoms with Crippen molar-refractivity contribution in [3.8, 4) is 0 Å². The molecule has 92 valence electrons. The van der Waals surface area contributed by atoms with Crippen molar-refractivity contribution in [2.45, 2.75) is 6.10 Å². The summed E-state index contributed by atoms with van der Waals surface area (Å²) in [7, 11) is 0. The van der Waals surface area contributed by atoms with E-state index in [0.717, 1.165) is 5.56 Å². The Morgan fingerprint density at radius 2 is 2.17 bits per heavy atom. The van der Waals surface area contributed by atoms with Crippen LogP contribution in [0.5, 0.6) is 0 Å². The molecule has 1 unspecified atom stereocenters. The lowest BCUT2D eigenvalue weighted by atomic mass is 10.2. The molecule has 1 atom stereocenters. The maximum atomic E-state index is 11.9. The standard InChI is InChI=1S/C14H13NO2S/c1-2-12-10-15(14(18)17-12)13(16)9-8-11-6-4-3-5-7-11/h2-9,12H,1,10H2/b9-8+. The molecule has 1 amide bonds. The number of carbonyl (C=O) groups is 1. The zero-order chi connectivity index (χ0) is 13.0. The molecule has 0 spiro atoms. The number of thiocarbonyl (C=S) groups is 1. The molecular weight excluding hydrogens is 246 g/mol. The van der Waals surface area contributed by atoms with E-state index in [2.05, 4.69) is 6.58 Å². The Labute approximate surface area is 111 Å². The second kappa shape index (κ2) is 5.60. The van der Waals surface area contributed by atoms with Gasteiger partial charge in [-0.3, -0.25) is 9.69 Å². The molecule has 2 rings (SSSR count). The first-order valence-corrected chi connectivity index (χ1v) is 5.99. The molecular formula is C14H13NO2S. The Morgan fingerprint density at radius 1 is 1.44 bits per heavy atom. The van der Waals surface area contributed by atoms with Crippen molar-refractivity contribution >= 4 is 29.4 Å². The maximum absolute atomic E-state index is 11.9. The second-order valence-corrected chi connectivity index (χ2v) is 4.20. The summed E-state index contributed by atoms with van der Waals surface area (Å²) >= 11 is 4.99. The molecule has 0 aromatic heterocycles. The Kier molecular flexibility index (Phi) is 3.89. The lowest BCUT2D eigenvalue weighted by molar-refractivity contribution is -0.121. The summed E-state index contributed by atoms with van der Waals surface area (Å²) in [6, 6.07) is 9.62. The summed E-state index contributed by atoms with van der Waals surface area (Å²) in [5.74, 6) is -0.173. The van der Waals surface area contributed by atoms with Gasteiger partial charge in [-0.05, 0) is 29.9 Å². The summed E-state index contributed by atoms with van der Waals surface area (Å²) in [6.07, 6.45) is 4.69. The van der Waals surface area contributed by atoms with E-state index in [9.17, 15) is 4.79 Å². The van der Waals surface area contributed by atoms with Crippen LogP contribution in [0.1, 0.15) is 5.56 Å². The monoisotopic (exact) mass is 259 g/mol.